The van der Waals surface area contributed by atoms with E-state index in [-0.39, 0.29) is 17.4 Å². The van der Waals surface area contributed by atoms with E-state index >= 15 is 0 Å². The summed E-state index contributed by atoms with van der Waals surface area (Å²) >= 11 is 0. The lowest BCUT2D eigenvalue weighted by Crippen LogP contribution is -2.49. The smallest absolute Gasteiger partial charge is 0.276 e. The maximum atomic E-state index is 13.0. The van der Waals surface area contributed by atoms with Crippen LogP contribution in [0.1, 0.15) is 28.5 Å². The average Bonchev–Trinajstić information content (AvgIpc) is 3.19. The van der Waals surface area contributed by atoms with E-state index < -0.39 is 0 Å². The number of carbonyl (C=O) groups is 1. The number of amides is 1. The van der Waals surface area contributed by atoms with Crippen molar-refractivity contribution in [1.82, 2.24) is 24.5 Å². The molecule has 1 saturated heterocycles. The fraction of sp³-hybridized carbons (Fsp3) is 0.300. The van der Waals surface area contributed by atoms with E-state index in [1.54, 1.807) is 12.1 Å². The largest absolute Gasteiger partial charge is 0.336 e. The molecular weight excluding hydrogens is 342 g/mol. The van der Waals surface area contributed by atoms with E-state index in [1.165, 1.54) is 11.0 Å². The number of carbonyl (C=O) groups excluding carboxylic acids is 1. The third kappa shape index (κ3) is 2.75. The van der Waals surface area contributed by atoms with Crippen molar-refractivity contribution in [3.63, 3.8) is 0 Å². The minimum Gasteiger partial charge on any atom is -0.336 e. The van der Waals surface area contributed by atoms with Crippen LogP contribution in [0.3, 0.4) is 0 Å². The number of aromatic nitrogens is 4. The van der Waals surface area contributed by atoms with E-state index in [0.29, 0.717) is 31.2 Å². The molecular formula is C20H19N5O2. The number of nitrogens with zero attached hydrogens (tertiary/aromatic N) is 5. The first-order valence-corrected chi connectivity index (χ1v) is 9.16. The number of hydrogen-bond donors (Lipinski definition) is 0. The summed E-state index contributed by atoms with van der Waals surface area (Å²) in [6.07, 6.45) is 2.54. The molecule has 0 spiro atoms. The molecule has 2 bridgehead atoms. The zero-order valence-electron chi connectivity index (χ0n) is 14.7. The first kappa shape index (κ1) is 16.0. The summed E-state index contributed by atoms with van der Waals surface area (Å²) in [5.41, 5.74) is 2.25. The SMILES string of the molecule is O=C(c1cnn(-c2ccccc2)n1)N1C[C@@H]2C[C@H](C1)c1cccc(=O)n1C2. The molecule has 0 saturated carbocycles. The molecule has 4 heterocycles. The van der Waals surface area contributed by atoms with Crippen LogP contribution in [-0.2, 0) is 6.54 Å². The van der Waals surface area contributed by atoms with Gasteiger partial charge in [-0.3, -0.25) is 9.59 Å². The monoisotopic (exact) mass is 361 g/mol. The lowest BCUT2D eigenvalue weighted by molar-refractivity contribution is 0.0588. The molecule has 136 valence electrons. The highest BCUT2D eigenvalue weighted by Gasteiger charge is 2.37. The van der Waals surface area contributed by atoms with Crippen molar-refractivity contribution in [3.8, 4) is 5.69 Å². The van der Waals surface area contributed by atoms with Crippen LogP contribution in [0.15, 0.2) is 59.5 Å². The number of benzene rings is 1. The predicted octanol–water partition coefficient (Wildman–Crippen LogP) is 1.69. The van der Waals surface area contributed by atoms with E-state index in [1.807, 2.05) is 45.9 Å². The van der Waals surface area contributed by atoms with E-state index in [2.05, 4.69) is 10.2 Å². The van der Waals surface area contributed by atoms with Gasteiger partial charge in [0.15, 0.2) is 5.69 Å². The summed E-state index contributed by atoms with van der Waals surface area (Å²) < 4.78 is 1.87. The van der Waals surface area contributed by atoms with Crippen LogP contribution in [-0.4, -0.2) is 43.5 Å². The van der Waals surface area contributed by atoms with Gasteiger partial charge < -0.3 is 9.47 Å². The number of piperidine rings is 1. The zero-order valence-corrected chi connectivity index (χ0v) is 14.7. The van der Waals surface area contributed by atoms with Crippen LogP contribution >= 0.6 is 0 Å². The highest BCUT2D eigenvalue weighted by Crippen LogP contribution is 2.35. The van der Waals surface area contributed by atoms with E-state index in [9.17, 15) is 9.59 Å². The van der Waals surface area contributed by atoms with Crippen LogP contribution in [0.5, 0.6) is 0 Å². The van der Waals surface area contributed by atoms with Crippen molar-refractivity contribution < 1.29 is 4.79 Å². The highest BCUT2D eigenvalue weighted by atomic mass is 16.2. The number of hydrogen-bond acceptors (Lipinski definition) is 4. The molecule has 0 unspecified atom stereocenters. The molecule has 27 heavy (non-hydrogen) atoms. The molecule has 2 aliphatic rings. The van der Waals surface area contributed by atoms with Crippen molar-refractivity contribution in [1.29, 1.82) is 0 Å². The van der Waals surface area contributed by atoms with Gasteiger partial charge in [0.2, 0.25) is 0 Å². The lowest BCUT2D eigenvalue weighted by Gasteiger charge is -2.42. The second-order valence-corrected chi connectivity index (χ2v) is 7.26. The van der Waals surface area contributed by atoms with Crippen LogP contribution in [0.4, 0.5) is 0 Å². The Labute approximate surface area is 155 Å². The Hall–Kier alpha value is -3.22. The number of likely N-dealkylation sites (tertiary alicyclic amines) is 1. The van der Waals surface area contributed by atoms with Gasteiger partial charge >= 0.3 is 0 Å². The summed E-state index contributed by atoms with van der Waals surface area (Å²) in [4.78, 5) is 28.5. The third-order valence-electron chi connectivity index (χ3n) is 5.47. The fourth-order valence-electron chi connectivity index (χ4n) is 4.27. The van der Waals surface area contributed by atoms with E-state index in [4.69, 9.17) is 0 Å². The minimum atomic E-state index is -0.0985. The van der Waals surface area contributed by atoms with Gasteiger partial charge in [-0.25, -0.2) is 0 Å². The lowest BCUT2D eigenvalue weighted by atomic mass is 9.83. The standard InChI is InChI=1S/C20H19N5O2/c26-19-8-4-7-18-15-9-14(12-24(18)19)11-23(13-15)20(27)17-10-21-25(22-17)16-5-2-1-3-6-16/h1-8,10,14-15H,9,11-13H2/t14-,15+/m0/s1. The van der Waals surface area contributed by atoms with Crippen molar-refractivity contribution in [2.45, 2.75) is 18.9 Å². The molecule has 7 heteroatoms. The molecule has 2 atom stereocenters. The molecule has 1 fully saturated rings. The Balaban J connectivity index is 1.40. The molecule has 5 rings (SSSR count). The number of pyridine rings is 1. The summed E-state index contributed by atoms with van der Waals surface area (Å²) in [6, 6.07) is 15.0. The Morgan fingerprint density at radius 1 is 1.00 bits per heavy atom. The molecule has 2 aliphatic heterocycles. The molecule has 1 aromatic carbocycles. The average molecular weight is 361 g/mol. The molecule has 0 N–H and O–H groups in total. The second kappa shape index (κ2) is 6.19. The van der Waals surface area contributed by atoms with Crippen LogP contribution < -0.4 is 5.56 Å². The molecule has 0 aliphatic carbocycles. The maximum absolute atomic E-state index is 13.0. The predicted molar refractivity (Wildman–Crippen MR) is 98.8 cm³/mol. The Morgan fingerprint density at radius 2 is 1.85 bits per heavy atom. The van der Waals surface area contributed by atoms with Crippen molar-refractivity contribution in [2.75, 3.05) is 13.1 Å². The van der Waals surface area contributed by atoms with Gasteiger partial charge in [0, 0.05) is 37.3 Å². The quantitative estimate of drug-likeness (QED) is 0.696. The molecule has 2 aromatic heterocycles. The minimum absolute atomic E-state index is 0.0489. The van der Waals surface area contributed by atoms with Gasteiger partial charge in [0.1, 0.15) is 0 Å². The van der Waals surface area contributed by atoms with Gasteiger partial charge in [-0.1, -0.05) is 24.3 Å². The second-order valence-electron chi connectivity index (χ2n) is 7.26. The first-order chi connectivity index (χ1) is 13.2. The maximum Gasteiger partial charge on any atom is 0.276 e. The first-order valence-electron chi connectivity index (χ1n) is 9.16. The third-order valence-corrected chi connectivity index (χ3v) is 5.47. The number of para-hydroxylation sites is 1. The summed E-state index contributed by atoms with van der Waals surface area (Å²) in [6.45, 7) is 1.93. The van der Waals surface area contributed by atoms with Crippen molar-refractivity contribution in [3.05, 3.63) is 76.5 Å². The van der Waals surface area contributed by atoms with E-state index in [0.717, 1.165) is 17.8 Å². The Morgan fingerprint density at radius 3 is 2.70 bits per heavy atom. The topological polar surface area (TPSA) is 73.0 Å². The Bertz CT molecular complexity index is 1060. The van der Waals surface area contributed by atoms with Crippen LogP contribution in [0.25, 0.3) is 5.69 Å². The van der Waals surface area contributed by atoms with Crippen LogP contribution in [0, 0.1) is 5.92 Å². The molecule has 1 amide bonds. The van der Waals surface area contributed by atoms with Gasteiger partial charge in [-0.2, -0.15) is 9.90 Å². The van der Waals surface area contributed by atoms with Gasteiger partial charge in [-0.15, -0.1) is 5.10 Å². The van der Waals surface area contributed by atoms with Crippen molar-refractivity contribution in [2.24, 2.45) is 5.92 Å². The molecule has 7 nitrogen and oxygen atoms in total. The van der Waals surface area contributed by atoms with Gasteiger partial charge in [0.05, 0.1) is 11.9 Å². The normalized spacial score (nSPS) is 21.0. The zero-order chi connectivity index (χ0) is 18.4. The highest BCUT2D eigenvalue weighted by molar-refractivity contribution is 5.92. The summed E-state index contributed by atoms with van der Waals surface area (Å²) in [5, 5.41) is 8.60. The number of rotatable bonds is 2. The van der Waals surface area contributed by atoms with Gasteiger partial charge in [0.25, 0.3) is 11.5 Å². The summed E-state index contributed by atoms with van der Waals surface area (Å²) in [7, 11) is 0. The molecule has 0 radical (unpaired) electrons. The molecule has 3 aromatic rings. The van der Waals surface area contributed by atoms with Crippen molar-refractivity contribution >= 4 is 5.91 Å². The number of fused-ring (bicyclic) bond motifs is 4. The summed E-state index contributed by atoms with van der Waals surface area (Å²) in [5.74, 6) is 0.391. The Kier molecular flexibility index (Phi) is 3.67. The fourth-order valence-corrected chi connectivity index (χ4v) is 4.27. The van der Waals surface area contributed by atoms with Gasteiger partial charge in [-0.05, 0) is 30.5 Å². The van der Waals surface area contributed by atoms with Crippen LogP contribution in [0.2, 0.25) is 0 Å².